The van der Waals surface area contributed by atoms with E-state index in [1.807, 2.05) is 6.92 Å². The number of hydrogen-bond acceptors (Lipinski definition) is 3. The summed E-state index contributed by atoms with van der Waals surface area (Å²) in [4.78, 5) is 12.5. The second-order valence-corrected chi connectivity index (χ2v) is 6.64. The van der Waals surface area contributed by atoms with Crippen LogP contribution < -0.4 is 10.6 Å². The van der Waals surface area contributed by atoms with E-state index in [-0.39, 0.29) is 36.6 Å². The first-order chi connectivity index (χ1) is 11.3. The summed E-state index contributed by atoms with van der Waals surface area (Å²) in [5.41, 5.74) is 2.70. The van der Waals surface area contributed by atoms with Crippen LogP contribution >= 0.6 is 12.4 Å². The fraction of sp³-hybridized carbons (Fsp3) is 0.632. The van der Waals surface area contributed by atoms with Gasteiger partial charge in [0, 0.05) is 12.6 Å². The zero-order valence-corrected chi connectivity index (χ0v) is 15.2. The lowest BCUT2D eigenvalue weighted by molar-refractivity contribution is -0.136. The molecule has 1 aliphatic heterocycles. The van der Waals surface area contributed by atoms with E-state index in [1.54, 1.807) is 0 Å². The van der Waals surface area contributed by atoms with Crippen molar-refractivity contribution in [3.63, 3.8) is 0 Å². The Balaban J connectivity index is 0.00000208. The predicted octanol–water partition coefficient (Wildman–Crippen LogP) is 3.15. The Labute approximate surface area is 151 Å². The maximum Gasteiger partial charge on any atom is 0.249 e. The van der Waals surface area contributed by atoms with Crippen molar-refractivity contribution in [2.24, 2.45) is 0 Å². The Morgan fingerprint density at radius 2 is 2.08 bits per heavy atom. The highest BCUT2D eigenvalue weighted by molar-refractivity contribution is 5.85. The minimum Gasteiger partial charge on any atom is -0.365 e. The zero-order valence-electron chi connectivity index (χ0n) is 14.4. The number of benzene rings is 1. The largest absolute Gasteiger partial charge is 0.365 e. The standard InChI is InChI=1S/C19H28N2O2.ClH/c1-2-18(23-15-8-4-5-9-15)19(22)21-13-17-16-10-6-3-7-14(16)11-12-20-17;/h3,6-7,10,15,17-18,20H,2,4-5,8-9,11-13H2,1H3,(H,21,22);1H. The predicted molar refractivity (Wildman–Crippen MR) is 98.6 cm³/mol. The lowest BCUT2D eigenvalue weighted by atomic mass is 9.94. The van der Waals surface area contributed by atoms with Gasteiger partial charge in [-0.15, -0.1) is 12.4 Å². The van der Waals surface area contributed by atoms with Gasteiger partial charge in [0.05, 0.1) is 6.10 Å². The summed E-state index contributed by atoms with van der Waals surface area (Å²) in [5.74, 6) is 0.0317. The Hall–Kier alpha value is -1.10. The van der Waals surface area contributed by atoms with E-state index in [0.29, 0.717) is 6.54 Å². The van der Waals surface area contributed by atoms with Gasteiger partial charge >= 0.3 is 0 Å². The number of halogens is 1. The van der Waals surface area contributed by atoms with Gasteiger partial charge in [-0.25, -0.2) is 0 Å². The van der Waals surface area contributed by atoms with E-state index in [1.165, 1.54) is 24.0 Å². The van der Waals surface area contributed by atoms with Gasteiger partial charge in [0.15, 0.2) is 0 Å². The molecule has 1 aliphatic carbocycles. The monoisotopic (exact) mass is 352 g/mol. The van der Waals surface area contributed by atoms with Gasteiger partial charge in [0.1, 0.15) is 6.10 Å². The molecule has 0 spiro atoms. The normalized spacial score (nSPS) is 21.6. The molecular formula is C19H29ClN2O2. The van der Waals surface area contributed by atoms with Crippen molar-refractivity contribution >= 4 is 18.3 Å². The molecule has 1 saturated carbocycles. The van der Waals surface area contributed by atoms with E-state index in [0.717, 1.165) is 32.2 Å². The lowest BCUT2D eigenvalue weighted by Crippen LogP contribution is -2.43. The van der Waals surface area contributed by atoms with Crippen molar-refractivity contribution in [2.45, 2.75) is 63.7 Å². The van der Waals surface area contributed by atoms with Crippen LogP contribution in [0.4, 0.5) is 0 Å². The van der Waals surface area contributed by atoms with Crippen LogP contribution in [0, 0.1) is 0 Å². The van der Waals surface area contributed by atoms with Crippen molar-refractivity contribution in [3.05, 3.63) is 35.4 Å². The summed E-state index contributed by atoms with van der Waals surface area (Å²) in [6.07, 6.45) is 6.41. The molecule has 5 heteroatoms. The molecule has 3 rings (SSSR count). The summed E-state index contributed by atoms with van der Waals surface area (Å²) in [5, 5.41) is 6.60. The number of carbonyl (C=O) groups is 1. The molecule has 0 radical (unpaired) electrons. The van der Waals surface area contributed by atoms with Crippen LogP contribution in [0.1, 0.15) is 56.2 Å². The molecule has 0 bridgehead atoms. The highest BCUT2D eigenvalue weighted by Gasteiger charge is 2.25. The van der Waals surface area contributed by atoms with Crippen LogP contribution in [0.3, 0.4) is 0 Å². The summed E-state index contributed by atoms with van der Waals surface area (Å²) in [6, 6.07) is 8.70. The third-order valence-corrected chi connectivity index (χ3v) is 5.02. The molecular weight excluding hydrogens is 324 g/mol. The Kier molecular flexibility index (Phi) is 7.53. The van der Waals surface area contributed by atoms with Gasteiger partial charge in [-0.05, 0) is 43.4 Å². The van der Waals surface area contributed by atoms with Gasteiger partial charge in [0.25, 0.3) is 0 Å². The van der Waals surface area contributed by atoms with Crippen LogP contribution in [0.25, 0.3) is 0 Å². The molecule has 0 aromatic heterocycles. The Morgan fingerprint density at radius 3 is 2.83 bits per heavy atom. The number of ether oxygens (including phenoxy) is 1. The molecule has 24 heavy (non-hydrogen) atoms. The van der Waals surface area contributed by atoms with Crippen molar-refractivity contribution in [2.75, 3.05) is 13.1 Å². The van der Waals surface area contributed by atoms with Gasteiger partial charge in [-0.1, -0.05) is 44.0 Å². The Bertz CT molecular complexity index is 532. The van der Waals surface area contributed by atoms with E-state index in [4.69, 9.17) is 4.74 Å². The van der Waals surface area contributed by atoms with Crippen LogP contribution in [0.15, 0.2) is 24.3 Å². The first-order valence-corrected chi connectivity index (χ1v) is 9.02. The second-order valence-electron chi connectivity index (χ2n) is 6.64. The average Bonchev–Trinajstić information content (AvgIpc) is 3.10. The number of nitrogens with one attached hydrogen (secondary N) is 2. The zero-order chi connectivity index (χ0) is 16.1. The summed E-state index contributed by atoms with van der Waals surface area (Å²) in [7, 11) is 0. The summed E-state index contributed by atoms with van der Waals surface area (Å²) in [6.45, 7) is 3.61. The second kappa shape index (κ2) is 9.40. The maximum absolute atomic E-state index is 12.5. The summed E-state index contributed by atoms with van der Waals surface area (Å²) < 4.78 is 6.00. The van der Waals surface area contributed by atoms with E-state index in [2.05, 4.69) is 34.9 Å². The van der Waals surface area contributed by atoms with Crippen LogP contribution in [-0.2, 0) is 16.0 Å². The highest BCUT2D eigenvalue weighted by atomic mass is 35.5. The first kappa shape index (κ1) is 19.2. The van der Waals surface area contributed by atoms with Gasteiger partial charge in [-0.2, -0.15) is 0 Å². The molecule has 1 aromatic rings. The van der Waals surface area contributed by atoms with Gasteiger partial charge in [-0.3, -0.25) is 4.79 Å². The quantitative estimate of drug-likeness (QED) is 0.826. The third kappa shape index (κ3) is 4.71. The van der Waals surface area contributed by atoms with Crippen LogP contribution in [0.5, 0.6) is 0 Å². The number of amides is 1. The fourth-order valence-corrected chi connectivity index (χ4v) is 3.69. The van der Waals surface area contributed by atoms with Crippen molar-refractivity contribution in [1.29, 1.82) is 0 Å². The minimum atomic E-state index is -0.308. The molecule has 1 amide bonds. The van der Waals surface area contributed by atoms with Crippen molar-refractivity contribution in [3.8, 4) is 0 Å². The topological polar surface area (TPSA) is 50.4 Å². The van der Waals surface area contributed by atoms with E-state index >= 15 is 0 Å². The molecule has 2 N–H and O–H groups in total. The number of carbonyl (C=O) groups excluding carboxylic acids is 1. The number of rotatable bonds is 6. The number of fused-ring (bicyclic) bond motifs is 1. The van der Waals surface area contributed by atoms with E-state index in [9.17, 15) is 4.79 Å². The third-order valence-electron chi connectivity index (χ3n) is 5.02. The fourth-order valence-electron chi connectivity index (χ4n) is 3.69. The molecule has 2 aliphatic rings. The van der Waals surface area contributed by atoms with Crippen LogP contribution in [-0.4, -0.2) is 31.2 Å². The summed E-state index contributed by atoms with van der Waals surface area (Å²) >= 11 is 0. The molecule has 1 aromatic carbocycles. The lowest BCUT2D eigenvalue weighted by Gasteiger charge is -2.28. The van der Waals surface area contributed by atoms with Crippen LogP contribution in [0.2, 0.25) is 0 Å². The molecule has 2 unspecified atom stereocenters. The van der Waals surface area contributed by atoms with E-state index < -0.39 is 0 Å². The van der Waals surface area contributed by atoms with Crippen molar-refractivity contribution < 1.29 is 9.53 Å². The molecule has 4 nitrogen and oxygen atoms in total. The first-order valence-electron chi connectivity index (χ1n) is 9.02. The molecule has 1 fully saturated rings. The molecule has 0 saturated heterocycles. The Morgan fingerprint density at radius 1 is 1.33 bits per heavy atom. The van der Waals surface area contributed by atoms with Gasteiger partial charge in [0.2, 0.25) is 5.91 Å². The van der Waals surface area contributed by atoms with Gasteiger partial charge < -0.3 is 15.4 Å². The van der Waals surface area contributed by atoms with Crippen molar-refractivity contribution in [1.82, 2.24) is 10.6 Å². The smallest absolute Gasteiger partial charge is 0.249 e. The highest BCUT2D eigenvalue weighted by Crippen LogP contribution is 2.24. The molecule has 2 atom stereocenters. The minimum absolute atomic E-state index is 0. The average molecular weight is 353 g/mol. The SMILES string of the molecule is CCC(OC1CCCC1)C(=O)NCC1NCCc2ccccc21.Cl. The molecule has 1 heterocycles. The maximum atomic E-state index is 12.5. The number of hydrogen-bond donors (Lipinski definition) is 2. The molecule has 134 valence electrons.